The fourth-order valence-electron chi connectivity index (χ4n) is 1.57. The summed E-state index contributed by atoms with van der Waals surface area (Å²) < 4.78 is 22.5. The van der Waals surface area contributed by atoms with E-state index in [1.54, 1.807) is 13.0 Å². The van der Waals surface area contributed by atoms with E-state index in [1.165, 1.54) is 0 Å². The quantitative estimate of drug-likeness (QED) is 0.763. The van der Waals surface area contributed by atoms with Crippen LogP contribution in [-0.2, 0) is 21.1 Å². The molecule has 2 N–H and O–H groups in total. The molecule has 0 saturated carbocycles. The van der Waals surface area contributed by atoms with Crippen LogP contribution >= 0.6 is 0 Å². The molecule has 0 spiro atoms. The van der Waals surface area contributed by atoms with Gasteiger partial charge in [-0.3, -0.25) is 4.79 Å². The molecule has 0 aliphatic rings. The van der Waals surface area contributed by atoms with E-state index in [4.69, 9.17) is 5.73 Å². The van der Waals surface area contributed by atoms with Crippen LogP contribution in [0.15, 0.2) is 24.3 Å². The number of sulfone groups is 1. The smallest absolute Gasteiger partial charge is 0.150 e. The molecule has 0 amide bonds. The number of anilines is 1. The predicted octanol–water partition coefficient (Wildman–Crippen LogP) is 1.60. The summed E-state index contributed by atoms with van der Waals surface area (Å²) in [6.45, 7) is 1.59. The SMILES string of the molecule is CCS(=O)(=O)CCC(=O)CCc1cccc(N)c1. The van der Waals surface area contributed by atoms with Gasteiger partial charge in [0.15, 0.2) is 0 Å². The second-order valence-electron chi connectivity index (χ2n) is 4.27. The molecule has 1 aromatic rings. The van der Waals surface area contributed by atoms with Crippen LogP contribution < -0.4 is 5.73 Å². The average Bonchev–Trinajstić information content (AvgIpc) is 2.34. The van der Waals surface area contributed by atoms with Crippen LogP contribution in [0.25, 0.3) is 0 Å². The lowest BCUT2D eigenvalue weighted by atomic mass is 10.1. The van der Waals surface area contributed by atoms with Gasteiger partial charge < -0.3 is 5.73 Å². The number of nitrogens with two attached hydrogens (primary N) is 1. The van der Waals surface area contributed by atoms with Crippen molar-refractivity contribution in [3.8, 4) is 0 Å². The highest BCUT2D eigenvalue weighted by Crippen LogP contribution is 2.09. The van der Waals surface area contributed by atoms with E-state index >= 15 is 0 Å². The monoisotopic (exact) mass is 269 g/mol. The number of nitrogen functional groups attached to an aromatic ring is 1. The summed E-state index contributed by atoms with van der Waals surface area (Å²) in [6.07, 6.45) is 1.08. The van der Waals surface area contributed by atoms with Crippen LogP contribution in [0.1, 0.15) is 25.3 Å². The second-order valence-corrected chi connectivity index (χ2v) is 6.74. The number of aryl methyl sites for hydroxylation is 1. The first kappa shape index (κ1) is 14.7. The fraction of sp³-hybridized carbons (Fsp3) is 0.462. The third-order valence-corrected chi connectivity index (χ3v) is 4.48. The van der Waals surface area contributed by atoms with Crippen LogP contribution in [0.5, 0.6) is 0 Å². The molecular weight excluding hydrogens is 250 g/mol. The molecule has 0 bridgehead atoms. The largest absolute Gasteiger partial charge is 0.399 e. The molecule has 0 aromatic heterocycles. The van der Waals surface area contributed by atoms with E-state index in [1.807, 2.05) is 18.2 Å². The lowest BCUT2D eigenvalue weighted by molar-refractivity contribution is -0.118. The van der Waals surface area contributed by atoms with E-state index in [0.29, 0.717) is 18.5 Å². The van der Waals surface area contributed by atoms with Gasteiger partial charge in [0, 0.05) is 24.3 Å². The van der Waals surface area contributed by atoms with Gasteiger partial charge in [-0.2, -0.15) is 0 Å². The van der Waals surface area contributed by atoms with Gasteiger partial charge in [0.05, 0.1) is 5.75 Å². The first-order valence-electron chi connectivity index (χ1n) is 5.99. The molecule has 0 unspecified atom stereocenters. The second kappa shape index (κ2) is 6.54. The number of benzene rings is 1. The van der Waals surface area contributed by atoms with E-state index in [2.05, 4.69) is 0 Å². The number of hydrogen-bond acceptors (Lipinski definition) is 4. The van der Waals surface area contributed by atoms with E-state index in [-0.39, 0.29) is 23.7 Å². The molecule has 0 heterocycles. The van der Waals surface area contributed by atoms with Crippen LogP contribution in [0, 0.1) is 0 Å². The van der Waals surface area contributed by atoms with Crippen LogP contribution in [0.2, 0.25) is 0 Å². The number of ketones is 1. The van der Waals surface area contributed by atoms with Gasteiger partial charge in [0.2, 0.25) is 0 Å². The van der Waals surface area contributed by atoms with Crippen LogP contribution in [0.4, 0.5) is 5.69 Å². The summed E-state index contributed by atoms with van der Waals surface area (Å²) in [4.78, 5) is 11.6. The molecule has 18 heavy (non-hydrogen) atoms. The van der Waals surface area contributed by atoms with Crippen molar-refractivity contribution >= 4 is 21.3 Å². The Morgan fingerprint density at radius 2 is 2.00 bits per heavy atom. The molecule has 0 fully saturated rings. The summed E-state index contributed by atoms with van der Waals surface area (Å²) >= 11 is 0. The molecule has 4 nitrogen and oxygen atoms in total. The number of carbonyl (C=O) groups excluding carboxylic acids is 1. The normalized spacial score (nSPS) is 11.4. The van der Waals surface area contributed by atoms with Crippen molar-refractivity contribution in [3.63, 3.8) is 0 Å². The molecule has 0 atom stereocenters. The van der Waals surface area contributed by atoms with Gasteiger partial charge in [0.1, 0.15) is 15.6 Å². The number of carbonyl (C=O) groups is 1. The minimum absolute atomic E-state index is 0.0190. The van der Waals surface area contributed by atoms with Crippen molar-refractivity contribution in [1.82, 2.24) is 0 Å². The summed E-state index contributed by atoms with van der Waals surface area (Å²) in [7, 11) is -3.05. The van der Waals surface area contributed by atoms with Crippen molar-refractivity contribution in [1.29, 1.82) is 0 Å². The molecule has 5 heteroatoms. The average molecular weight is 269 g/mol. The Morgan fingerprint density at radius 3 is 2.61 bits per heavy atom. The van der Waals surface area contributed by atoms with Crippen molar-refractivity contribution in [2.24, 2.45) is 0 Å². The number of Topliss-reactive ketones (excluding diaryl/α,β-unsaturated/α-hetero) is 1. The predicted molar refractivity (Wildman–Crippen MR) is 73.1 cm³/mol. The maximum atomic E-state index is 11.6. The Hall–Kier alpha value is -1.36. The first-order valence-corrected chi connectivity index (χ1v) is 7.81. The Labute approximate surface area is 108 Å². The zero-order valence-electron chi connectivity index (χ0n) is 10.6. The highest BCUT2D eigenvalue weighted by molar-refractivity contribution is 7.91. The van der Waals surface area contributed by atoms with Crippen LogP contribution in [0.3, 0.4) is 0 Å². The molecule has 1 aromatic carbocycles. The Bertz CT molecular complexity index is 509. The Morgan fingerprint density at radius 1 is 1.28 bits per heavy atom. The number of rotatable bonds is 7. The maximum Gasteiger partial charge on any atom is 0.150 e. The molecule has 0 aliphatic heterocycles. The molecule has 1 rings (SSSR count). The van der Waals surface area contributed by atoms with E-state index < -0.39 is 9.84 Å². The van der Waals surface area contributed by atoms with Crippen molar-refractivity contribution in [3.05, 3.63) is 29.8 Å². The van der Waals surface area contributed by atoms with E-state index in [0.717, 1.165) is 5.56 Å². The number of hydrogen-bond donors (Lipinski definition) is 1. The van der Waals surface area contributed by atoms with Gasteiger partial charge in [0.25, 0.3) is 0 Å². The summed E-state index contributed by atoms with van der Waals surface area (Å²) in [5.74, 6) is 0.0313. The third kappa shape index (κ3) is 5.31. The van der Waals surface area contributed by atoms with Crippen molar-refractivity contribution < 1.29 is 13.2 Å². The van der Waals surface area contributed by atoms with Gasteiger partial charge in [-0.1, -0.05) is 19.1 Å². The standard InChI is InChI=1S/C13H19NO3S/c1-2-18(16,17)9-8-13(15)7-6-11-4-3-5-12(14)10-11/h3-5,10H,2,6-9,14H2,1H3. The highest BCUT2D eigenvalue weighted by Gasteiger charge is 2.11. The summed E-state index contributed by atoms with van der Waals surface area (Å²) in [6, 6.07) is 7.37. The fourth-order valence-corrected chi connectivity index (χ4v) is 2.40. The minimum atomic E-state index is -3.05. The molecule has 100 valence electrons. The maximum absolute atomic E-state index is 11.6. The molecule has 0 aliphatic carbocycles. The highest BCUT2D eigenvalue weighted by atomic mass is 32.2. The van der Waals surface area contributed by atoms with Gasteiger partial charge in [-0.05, 0) is 24.1 Å². The summed E-state index contributed by atoms with van der Waals surface area (Å²) in [5.41, 5.74) is 7.31. The van der Waals surface area contributed by atoms with Gasteiger partial charge >= 0.3 is 0 Å². The zero-order valence-corrected chi connectivity index (χ0v) is 11.4. The lowest BCUT2D eigenvalue weighted by Crippen LogP contribution is -2.13. The van der Waals surface area contributed by atoms with E-state index in [9.17, 15) is 13.2 Å². The molecule has 0 radical (unpaired) electrons. The minimum Gasteiger partial charge on any atom is -0.399 e. The zero-order chi connectivity index (χ0) is 13.6. The lowest BCUT2D eigenvalue weighted by Gasteiger charge is -2.03. The van der Waals surface area contributed by atoms with Crippen LogP contribution in [-0.4, -0.2) is 25.7 Å². The third-order valence-electron chi connectivity index (χ3n) is 2.78. The van der Waals surface area contributed by atoms with Crippen molar-refractivity contribution in [2.75, 3.05) is 17.2 Å². The Balaban J connectivity index is 2.38. The van der Waals surface area contributed by atoms with Gasteiger partial charge in [-0.25, -0.2) is 8.42 Å². The van der Waals surface area contributed by atoms with Crippen molar-refractivity contribution in [2.45, 2.75) is 26.2 Å². The molecule has 0 saturated heterocycles. The van der Waals surface area contributed by atoms with Gasteiger partial charge in [-0.15, -0.1) is 0 Å². The summed E-state index contributed by atoms with van der Waals surface area (Å²) in [5, 5.41) is 0. The topological polar surface area (TPSA) is 77.2 Å². The molecular formula is C13H19NO3S. The Kier molecular flexibility index (Phi) is 5.34. The first-order chi connectivity index (χ1) is 8.43.